The number of aromatic nitrogens is 1. The first-order valence-electron chi connectivity index (χ1n) is 4.47. The Morgan fingerprint density at radius 1 is 1.69 bits per heavy atom. The summed E-state index contributed by atoms with van der Waals surface area (Å²) >= 11 is 5.66. The number of hydrogen-bond donors (Lipinski definition) is 1. The van der Waals surface area contributed by atoms with Crippen LogP contribution in [0, 0.1) is 17.2 Å². The fraction of sp³-hybridized carbons (Fsp3) is 0.333. The highest BCUT2D eigenvalue weighted by Crippen LogP contribution is 2.17. The monoisotopic (exact) mass is 259 g/mol. The van der Waals surface area contributed by atoms with Gasteiger partial charge in [0.25, 0.3) is 0 Å². The summed E-state index contributed by atoms with van der Waals surface area (Å²) in [5, 5.41) is 8.45. The van der Waals surface area contributed by atoms with Gasteiger partial charge >= 0.3 is 0 Å². The average Bonchev–Trinajstić information content (AvgIpc) is 2.26. The third kappa shape index (κ3) is 3.17. The lowest BCUT2D eigenvalue weighted by Crippen LogP contribution is -2.28. The van der Waals surface area contributed by atoms with Crippen molar-refractivity contribution >= 4 is 21.6 Å². The van der Waals surface area contributed by atoms with Crippen LogP contribution in [0.25, 0.3) is 0 Å². The molecule has 0 fully saturated rings. The van der Waals surface area contributed by atoms with E-state index in [1.54, 1.807) is 6.92 Å². The second kappa shape index (κ2) is 5.25. The van der Waals surface area contributed by atoms with Crippen molar-refractivity contribution in [3.8, 4) is 6.07 Å². The molecule has 0 aliphatic rings. The molecular weight excluding hydrogens is 250 g/mol. The summed E-state index contributed by atoms with van der Waals surface area (Å²) in [5.41, 5.74) is 0. The summed E-state index contributed by atoms with van der Waals surface area (Å²) in [5.74, 6) is -0.398. The van der Waals surface area contributed by atoms with E-state index >= 15 is 0 Å². The number of nitriles is 1. The van der Waals surface area contributed by atoms with Gasteiger partial charge in [-0.3, -0.25) is 0 Å². The summed E-state index contributed by atoms with van der Waals surface area (Å²) < 4.78 is 25.7. The molecule has 0 aromatic carbocycles. The number of nitrogens with one attached hydrogen (secondary N) is 1. The van der Waals surface area contributed by atoms with Gasteiger partial charge in [-0.1, -0.05) is 11.6 Å². The average molecular weight is 260 g/mol. The summed E-state index contributed by atoms with van der Waals surface area (Å²) in [7, 11) is -3.69. The number of sulfonamides is 1. The highest BCUT2D eigenvalue weighted by atomic mass is 35.5. The highest BCUT2D eigenvalue weighted by molar-refractivity contribution is 7.89. The third-order valence-corrected chi connectivity index (χ3v) is 3.68. The minimum Gasteiger partial charge on any atom is -0.243 e. The molecule has 1 aromatic rings. The van der Waals surface area contributed by atoms with E-state index in [0.717, 1.165) is 0 Å². The number of hydrogen-bond acceptors (Lipinski definition) is 4. The lowest BCUT2D eigenvalue weighted by molar-refractivity contribution is 0.572. The van der Waals surface area contributed by atoms with Crippen molar-refractivity contribution in [2.45, 2.75) is 11.8 Å². The van der Waals surface area contributed by atoms with Crippen molar-refractivity contribution < 1.29 is 8.42 Å². The molecule has 0 saturated carbocycles. The Morgan fingerprint density at radius 3 is 2.94 bits per heavy atom. The van der Waals surface area contributed by atoms with Crippen LogP contribution in [-0.4, -0.2) is 19.9 Å². The van der Waals surface area contributed by atoms with Gasteiger partial charge < -0.3 is 0 Å². The van der Waals surface area contributed by atoms with Crippen LogP contribution in [0.2, 0.25) is 5.15 Å². The van der Waals surface area contributed by atoms with E-state index in [1.165, 1.54) is 18.3 Å². The van der Waals surface area contributed by atoms with Crippen molar-refractivity contribution in [2.24, 2.45) is 5.92 Å². The van der Waals surface area contributed by atoms with Crippen LogP contribution in [-0.2, 0) is 10.0 Å². The minimum absolute atomic E-state index is 0.0457. The first-order chi connectivity index (χ1) is 7.47. The molecule has 1 aromatic heterocycles. The Morgan fingerprint density at radius 2 is 2.38 bits per heavy atom. The molecule has 0 saturated heterocycles. The van der Waals surface area contributed by atoms with Crippen molar-refractivity contribution in [2.75, 3.05) is 6.54 Å². The molecule has 0 bridgehead atoms. The fourth-order valence-electron chi connectivity index (χ4n) is 0.930. The molecule has 0 spiro atoms. The van der Waals surface area contributed by atoms with E-state index in [-0.39, 0.29) is 16.6 Å². The van der Waals surface area contributed by atoms with Gasteiger partial charge in [0.2, 0.25) is 10.0 Å². The Bertz CT molecular complexity index is 510. The molecule has 1 N–H and O–H groups in total. The molecule has 1 heterocycles. The van der Waals surface area contributed by atoms with Crippen LogP contribution in [0.5, 0.6) is 0 Å². The van der Waals surface area contributed by atoms with Gasteiger partial charge in [0.1, 0.15) is 10.0 Å². The van der Waals surface area contributed by atoms with E-state index in [4.69, 9.17) is 16.9 Å². The lowest BCUT2D eigenvalue weighted by Gasteiger charge is -2.08. The second-order valence-corrected chi connectivity index (χ2v) is 5.27. The molecule has 0 amide bonds. The Kier molecular flexibility index (Phi) is 4.24. The third-order valence-electron chi connectivity index (χ3n) is 1.81. The summed E-state index contributed by atoms with van der Waals surface area (Å²) in [6, 6.07) is 4.76. The molecule has 1 unspecified atom stereocenters. The molecule has 5 nitrogen and oxygen atoms in total. The highest BCUT2D eigenvalue weighted by Gasteiger charge is 2.18. The predicted molar refractivity (Wildman–Crippen MR) is 59.2 cm³/mol. The van der Waals surface area contributed by atoms with Crippen LogP contribution >= 0.6 is 11.6 Å². The van der Waals surface area contributed by atoms with Crippen molar-refractivity contribution in [1.29, 1.82) is 5.26 Å². The fourth-order valence-corrected chi connectivity index (χ4v) is 2.51. The van der Waals surface area contributed by atoms with Gasteiger partial charge in [-0.15, -0.1) is 0 Å². The van der Waals surface area contributed by atoms with Crippen LogP contribution < -0.4 is 4.72 Å². The van der Waals surface area contributed by atoms with E-state index in [9.17, 15) is 8.42 Å². The molecule has 1 atom stereocenters. The lowest BCUT2D eigenvalue weighted by atomic mass is 10.2. The molecule has 0 aliphatic heterocycles. The second-order valence-electron chi connectivity index (χ2n) is 3.17. The maximum atomic E-state index is 11.7. The maximum Gasteiger partial charge on any atom is 0.243 e. The van der Waals surface area contributed by atoms with Crippen molar-refractivity contribution in [1.82, 2.24) is 9.71 Å². The van der Waals surface area contributed by atoms with Gasteiger partial charge in [-0.05, 0) is 19.1 Å². The summed E-state index contributed by atoms with van der Waals surface area (Å²) in [6.45, 7) is 1.66. The molecule has 16 heavy (non-hydrogen) atoms. The van der Waals surface area contributed by atoms with Crippen LogP contribution in [0.15, 0.2) is 23.2 Å². The molecule has 86 valence electrons. The van der Waals surface area contributed by atoms with Gasteiger partial charge in [-0.2, -0.15) is 5.26 Å². The van der Waals surface area contributed by atoms with Crippen LogP contribution in [0.4, 0.5) is 0 Å². The van der Waals surface area contributed by atoms with Gasteiger partial charge in [-0.25, -0.2) is 18.1 Å². The number of nitrogens with zero attached hydrogens (tertiary/aromatic N) is 2. The standard InChI is InChI=1S/C9H10ClN3O2S/c1-7(5-11)6-13-16(14,15)8-3-2-4-12-9(8)10/h2-4,7,13H,6H2,1H3. The summed E-state index contributed by atoms with van der Waals surface area (Å²) in [6.07, 6.45) is 1.40. The summed E-state index contributed by atoms with van der Waals surface area (Å²) in [4.78, 5) is 3.59. The van der Waals surface area contributed by atoms with Crippen molar-refractivity contribution in [3.63, 3.8) is 0 Å². The maximum absolute atomic E-state index is 11.7. The predicted octanol–water partition coefficient (Wildman–Crippen LogP) is 1.17. The number of rotatable bonds is 4. The van der Waals surface area contributed by atoms with Gasteiger partial charge in [0.05, 0.1) is 12.0 Å². The Balaban J connectivity index is 2.88. The largest absolute Gasteiger partial charge is 0.243 e. The van der Waals surface area contributed by atoms with Crippen LogP contribution in [0.3, 0.4) is 0 Å². The Labute approximate surface area is 99.1 Å². The van der Waals surface area contributed by atoms with Gasteiger partial charge in [0.15, 0.2) is 0 Å². The number of halogens is 1. The zero-order chi connectivity index (χ0) is 12.2. The normalized spacial score (nSPS) is 13.1. The minimum atomic E-state index is -3.69. The molecule has 0 radical (unpaired) electrons. The van der Waals surface area contributed by atoms with Crippen LogP contribution in [0.1, 0.15) is 6.92 Å². The SMILES string of the molecule is CC(C#N)CNS(=O)(=O)c1cccnc1Cl. The Hall–Kier alpha value is -1.16. The molecule has 0 aliphatic carbocycles. The van der Waals surface area contributed by atoms with Crippen molar-refractivity contribution in [3.05, 3.63) is 23.5 Å². The zero-order valence-electron chi connectivity index (χ0n) is 8.51. The quantitative estimate of drug-likeness (QED) is 0.823. The molecule has 1 rings (SSSR count). The molecular formula is C9H10ClN3O2S. The topological polar surface area (TPSA) is 82.9 Å². The van der Waals surface area contributed by atoms with E-state index in [0.29, 0.717) is 0 Å². The van der Waals surface area contributed by atoms with Gasteiger partial charge in [0, 0.05) is 12.7 Å². The first-order valence-corrected chi connectivity index (χ1v) is 6.33. The van der Waals surface area contributed by atoms with E-state index in [1.807, 2.05) is 6.07 Å². The smallest absolute Gasteiger partial charge is 0.243 e. The zero-order valence-corrected chi connectivity index (χ0v) is 10.1. The van der Waals surface area contributed by atoms with E-state index in [2.05, 4.69) is 9.71 Å². The molecule has 7 heteroatoms. The van der Waals surface area contributed by atoms with E-state index < -0.39 is 15.9 Å². The number of pyridine rings is 1. The first kappa shape index (κ1) is 12.9.